The van der Waals surface area contributed by atoms with Crippen molar-refractivity contribution >= 4 is 22.4 Å². The molecule has 21 heavy (non-hydrogen) atoms. The number of imidazole rings is 1. The summed E-state index contributed by atoms with van der Waals surface area (Å²) in [5.74, 6) is 0. The van der Waals surface area contributed by atoms with Gasteiger partial charge in [-0.15, -0.1) is 0 Å². The van der Waals surface area contributed by atoms with Gasteiger partial charge in [0.25, 0.3) is 0 Å². The van der Waals surface area contributed by atoms with Crippen molar-refractivity contribution in [3.05, 3.63) is 42.1 Å². The van der Waals surface area contributed by atoms with Crippen LogP contribution in [0.2, 0.25) is 0 Å². The zero-order valence-electron chi connectivity index (χ0n) is 12.1. The van der Waals surface area contributed by atoms with E-state index >= 15 is 0 Å². The Kier molecular flexibility index (Phi) is 2.84. The van der Waals surface area contributed by atoms with Crippen molar-refractivity contribution in [2.75, 3.05) is 18.0 Å². The number of nitrogens with zero attached hydrogens (tertiary/aromatic N) is 3. The van der Waals surface area contributed by atoms with Crippen LogP contribution in [0.15, 0.2) is 36.5 Å². The number of hydrogen-bond acceptors (Lipinski definition) is 2. The molecule has 0 aliphatic carbocycles. The minimum absolute atomic E-state index is 0.496. The molecule has 2 aromatic heterocycles. The SMILES string of the molecule is Cc1ccc2c(c1)nc1cc(N3CCCC(F)C3)ccn12. The molecule has 3 heterocycles. The maximum Gasteiger partial charge on any atom is 0.139 e. The second-order valence-corrected chi connectivity index (χ2v) is 5.90. The van der Waals surface area contributed by atoms with E-state index in [-0.39, 0.29) is 0 Å². The number of halogens is 1. The van der Waals surface area contributed by atoms with Crippen molar-refractivity contribution in [2.24, 2.45) is 0 Å². The molecule has 3 aromatic rings. The molecule has 1 fully saturated rings. The van der Waals surface area contributed by atoms with Gasteiger partial charge in [-0.25, -0.2) is 9.37 Å². The Labute approximate surface area is 123 Å². The second kappa shape index (κ2) is 4.72. The zero-order chi connectivity index (χ0) is 14.4. The van der Waals surface area contributed by atoms with E-state index in [4.69, 9.17) is 4.98 Å². The summed E-state index contributed by atoms with van der Waals surface area (Å²) in [5.41, 5.74) is 5.33. The Bertz CT molecular complexity index is 808. The summed E-state index contributed by atoms with van der Waals surface area (Å²) in [7, 11) is 0. The highest BCUT2D eigenvalue weighted by Crippen LogP contribution is 2.25. The monoisotopic (exact) mass is 283 g/mol. The first kappa shape index (κ1) is 12.6. The summed E-state index contributed by atoms with van der Waals surface area (Å²) in [4.78, 5) is 6.82. The lowest BCUT2D eigenvalue weighted by Crippen LogP contribution is -2.36. The summed E-state index contributed by atoms with van der Waals surface area (Å²) in [5, 5.41) is 0. The van der Waals surface area contributed by atoms with E-state index in [2.05, 4.69) is 46.6 Å². The van der Waals surface area contributed by atoms with E-state index in [0.717, 1.165) is 35.3 Å². The van der Waals surface area contributed by atoms with E-state index in [1.165, 1.54) is 5.56 Å². The fourth-order valence-corrected chi connectivity index (χ4v) is 3.17. The van der Waals surface area contributed by atoms with E-state index in [0.29, 0.717) is 13.0 Å². The van der Waals surface area contributed by atoms with Crippen LogP contribution in [0, 0.1) is 6.92 Å². The van der Waals surface area contributed by atoms with Gasteiger partial charge in [-0.3, -0.25) is 4.40 Å². The van der Waals surface area contributed by atoms with Gasteiger partial charge in [-0.05, 0) is 43.5 Å². The molecule has 0 spiro atoms. The van der Waals surface area contributed by atoms with Crippen molar-refractivity contribution < 1.29 is 4.39 Å². The minimum atomic E-state index is -0.712. The van der Waals surface area contributed by atoms with Crippen molar-refractivity contribution in [1.82, 2.24) is 9.38 Å². The zero-order valence-corrected chi connectivity index (χ0v) is 12.1. The van der Waals surface area contributed by atoms with Gasteiger partial charge < -0.3 is 4.90 Å². The first-order valence-electron chi connectivity index (χ1n) is 7.48. The van der Waals surface area contributed by atoms with Gasteiger partial charge in [0, 0.05) is 31.0 Å². The molecule has 0 amide bonds. The third kappa shape index (κ3) is 2.15. The van der Waals surface area contributed by atoms with Crippen molar-refractivity contribution in [2.45, 2.75) is 25.9 Å². The molecule has 3 nitrogen and oxygen atoms in total. The van der Waals surface area contributed by atoms with Crippen molar-refractivity contribution in [3.8, 4) is 0 Å². The number of aryl methyl sites for hydroxylation is 1. The molecular weight excluding hydrogens is 265 g/mol. The molecule has 1 atom stereocenters. The van der Waals surface area contributed by atoms with Gasteiger partial charge >= 0.3 is 0 Å². The normalized spacial score (nSPS) is 19.5. The lowest BCUT2D eigenvalue weighted by Gasteiger charge is -2.30. The quantitative estimate of drug-likeness (QED) is 0.678. The highest BCUT2D eigenvalue weighted by Gasteiger charge is 2.19. The van der Waals surface area contributed by atoms with Crippen LogP contribution in [-0.4, -0.2) is 28.6 Å². The molecule has 0 radical (unpaired) electrons. The van der Waals surface area contributed by atoms with Crippen molar-refractivity contribution in [1.29, 1.82) is 0 Å². The molecule has 4 rings (SSSR count). The van der Waals surface area contributed by atoms with E-state index in [1.807, 2.05) is 6.20 Å². The van der Waals surface area contributed by atoms with E-state index in [9.17, 15) is 4.39 Å². The van der Waals surface area contributed by atoms with Gasteiger partial charge in [0.2, 0.25) is 0 Å². The predicted octanol–water partition coefficient (Wildman–Crippen LogP) is 3.73. The maximum absolute atomic E-state index is 13.6. The van der Waals surface area contributed by atoms with Gasteiger partial charge in [0.05, 0.1) is 11.0 Å². The number of aromatic nitrogens is 2. The van der Waals surface area contributed by atoms with Gasteiger partial charge in [0.15, 0.2) is 0 Å². The summed E-state index contributed by atoms with van der Waals surface area (Å²) in [6, 6.07) is 10.4. The van der Waals surface area contributed by atoms with Crippen LogP contribution in [0.25, 0.3) is 16.7 Å². The molecule has 1 unspecified atom stereocenters. The van der Waals surface area contributed by atoms with Crippen LogP contribution >= 0.6 is 0 Å². The highest BCUT2D eigenvalue weighted by molar-refractivity contribution is 5.82. The Morgan fingerprint density at radius 1 is 1.24 bits per heavy atom. The second-order valence-electron chi connectivity index (χ2n) is 5.90. The molecule has 108 valence electrons. The summed E-state index contributed by atoms with van der Waals surface area (Å²) in [6.45, 7) is 3.50. The minimum Gasteiger partial charge on any atom is -0.368 e. The molecule has 1 aliphatic rings. The number of fused-ring (bicyclic) bond motifs is 3. The van der Waals surface area contributed by atoms with Crippen LogP contribution in [0.3, 0.4) is 0 Å². The molecule has 1 aliphatic heterocycles. The first-order chi connectivity index (χ1) is 10.2. The predicted molar refractivity (Wildman–Crippen MR) is 83.8 cm³/mol. The third-order valence-electron chi connectivity index (χ3n) is 4.27. The molecule has 0 bridgehead atoms. The largest absolute Gasteiger partial charge is 0.368 e. The summed E-state index contributed by atoms with van der Waals surface area (Å²) in [6.07, 6.45) is 2.93. The standard InChI is InChI=1S/C17H18FN3/c1-12-4-5-16-15(9-12)19-17-10-14(6-8-21(16)17)20-7-2-3-13(18)11-20/h4-6,8-10,13H,2-3,7,11H2,1H3. The average Bonchev–Trinajstić information content (AvgIpc) is 2.83. The van der Waals surface area contributed by atoms with Crippen LogP contribution in [0.5, 0.6) is 0 Å². The Balaban J connectivity index is 1.80. The summed E-state index contributed by atoms with van der Waals surface area (Å²) >= 11 is 0. The van der Waals surface area contributed by atoms with E-state index < -0.39 is 6.17 Å². The lowest BCUT2D eigenvalue weighted by molar-refractivity contribution is 0.287. The van der Waals surface area contributed by atoms with Crippen molar-refractivity contribution in [3.63, 3.8) is 0 Å². The number of piperidine rings is 1. The van der Waals surface area contributed by atoms with Crippen LogP contribution in [-0.2, 0) is 0 Å². The number of benzene rings is 1. The smallest absolute Gasteiger partial charge is 0.139 e. The molecule has 0 saturated carbocycles. The topological polar surface area (TPSA) is 20.5 Å². The third-order valence-corrected chi connectivity index (χ3v) is 4.27. The number of anilines is 1. The summed E-state index contributed by atoms with van der Waals surface area (Å²) < 4.78 is 15.7. The molecule has 1 saturated heterocycles. The van der Waals surface area contributed by atoms with Crippen LogP contribution in [0.4, 0.5) is 10.1 Å². The molecule has 4 heteroatoms. The Morgan fingerprint density at radius 3 is 3.00 bits per heavy atom. The molecule has 0 N–H and O–H groups in total. The number of rotatable bonds is 1. The Hall–Kier alpha value is -2.10. The number of alkyl halides is 1. The van der Waals surface area contributed by atoms with Gasteiger partial charge in [-0.2, -0.15) is 0 Å². The fraction of sp³-hybridized carbons (Fsp3) is 0.353. The number of pyridine rings is 1. The average molecular weight is 283 g/mol. The lowest BCUT2D eigenvalue weighted by atomic mass is 10.1. The first-order valence-corrected chi connectivity index (χ1v) is 7.48. The highest BCUT2D eigenvalue weighted by atomic mass is 19.1. The molecular formula is C17H18FN3. The maximum atomic E-state index is 13.6. The molecule has 1 aromatic carbocycles. The Morgan fingerprint density at radius 2 is 2.14 bits per heavy atom. The number of hydrogen-bond donors (Lipinski definition) is 0. The van der Waals surface area contributed by atoms with Crippen LogP contribution in [0.1, 0.15) is 18.4 Å². The van der Waals surface area contributed by atoms with E-state index in [1.54, 1.807) is 0 Å². The van der Waals surface area contributed by atoms with Gasteiger partial charge in [0.1, 0.15) is 11.8 Å². The van der Waals surface area contributed by atoms with Crippen LogP contribution < -0.4 is 4.90 Å². The van der Waals surface area contributed by atoms with Gasteiger partial charge in [-0.1, -0.05) is 6.07 Å². The fourth-order valence-electron chi connectivity index (χ4n) is 3.17.